The number of Topliss-reactive ketones (excluding diaryl/α,β-unsaturated/α-hetero) is 1. The van der Waals surface area contributed by atoms with Gasteiger partial charge >= 0.3 is 0 Å². The molecule has 3 heteroatoms. The van der Waals surface area contributed by atoms with Crippen molar-refractivity contribution in [1.29, 1.82) is 0 Å². The van der Waals surface area contributed by atoms with Gasteiger partial charge < -0.3 is 4.74 Å². The molecular weight excluding hydrogens is 232 g/mol. The SMILES string of the molecule is C#CC(=O)c1cc(OC)ccc1Br. The fourth-order valence-electron chi connectivity index (χ4n) is 0.883. The minimum Gasteiger partial charge on any atom is -0.497 e. The van der Waals surface area contributed by atoms with Crippen molar-refractivity contribution < 1.29 is 9.53 Å². The zero-order valence-corrected chi connectivity index (χ0v) is 8.59. The Morgan fingerprint density at radius 3 is 2.85 bits per heavy atom. The maximum Gasteiger partial charge on any atom is 0.236 e. The first-order chi connectivity index (χ1) is 6.19. The molecule has 0 atom stereocenters. The third kappa shape index (κ3) is 2.10. The molecule has 0 unspecified atom stereocenters. The number of hydrogen-bond acceptors (Lipinski definition) is 2. The molecular formula is C10H7BrO2. The molecule has 0 spiro atoms. The average Bonchev–Trinajstić information content (AvgIpc) is 2.17. The first-order valence-electron chi connectivity index (χ1n) is 3.53. The molecule has 0 aromatic heterocycles. The lowest BCUT2D eigenvalue weighted by molar-refractivity contribution is 0.105. The van der Waals surface area contributed by atoms with Gasteiger partial charge in [-0.1, -0.05) is 15.9 Å². The van der Waals surface area contributed by atoms with E-state index in [9.17, 15) is 4.79 Å². The normalized spacial score (nSPS) is 9.00. The van der Waals surface area contributed by atoms with Gasteiger partial charge in [0.15, 0.2) is 0 Å². The second-order valence-electron chi connectivity index (χ2n) is 2.32. The third-order valence-electron chi connectivity index (χ3n) is 1.55. The maximum atomic E-state index is 11.2. The van der Waals surface area contributed by atoms with E-state index in [4.69, 9.17) is 11.2 Å². The first kappa shape index (κ1) is 9.82. The summed E-state index contributed by atoms with van der Waals surface area (Å²) in [7, 11) is 1.54. The Bertz CT molecular complexity index is 377. The van der Waals surface area contributed by atoms with Gasteiger partial charge in [-0.3, -0.25) is 4.79 Å². The van der Waals surface area contributed by atoms with Crippen LogP contribution in [0.2, 0.25) is 0 Å². The summed E-state index contributed by atoms with van der Waals surface area (Å²) in [5.74, 6) is 2.31. The van der Waals surface area contributed by atoms with Crippen molar-refractivity contribution in [3.8, 4) is 18.1 Å². The molecule has 0 saturated carbocycles. The fraction of sp³-hybridized carbons (Fsp3) is 0.100. The van der Waals surface area contributed by atoms with E-state index < -0.39 is 0 Å². The lowest BCUT2D eigenvalue weighted by Crippen LogP contribution is -1.96. The highest BCUT2D eigenvalue weighted by Crippen LogP contribution is 2.22. The van der Waals surface area contributed by atoms with E-state index in [1.54, 1.807) is 18.2 Å². The molecule has 0 N–H and O–H groups in total. The summed E-state index contributed by atoms with van der Waals surface area (Å²) in [6.07, 6.45) is 5.00. The Kier molecular flexibility index (Phi) is 3.10. The number of terminal acetylenes is 1. The van der Waals surface area contributed by atoms with Crippen molar-refractivity contribution >= 4 is 21.7 Å². The van der Waals surface area contributed by atoms with Crippen LogP contribution in [-0.2, 0) is 0 Å². The van der Waals surface area contributed by atoms with E-state index in [-0.39, 0.29) is 5.78 Å². The number of rotatable bonds is 2. The van der Waals surface area contributed by atoms with Crippen molar-refractivity contribution in [2.75, 3.05) is 7.11 Å². The summed E-state index contributed by atoms with van der Waals surface area (Å²) in [5.41, 5.74) is 0.446. The van der Waals surface area contributed by atoms with Crippen LogP contribution in [0.4, 0.5) is 0 Å². The molecule has 0 bridgehead atoms. The predicted octanol–water partition coefficient (Wildman–Crippen LogP) is 2.27. The molecule has 0 heterocycles. The number of benzene rings is 1. The van der Waals surface area contributed by atoms with Crippen LogP contribution in [0.3, 0.4) is 0 Å². The monoisotopic (exact) mass is 238 g/mol. The van der Waals surface area contributed by atoms with Crippen LogP contribution in [0.5, 0.6) is 5.75 Å². The number of hydrogen-bond donors (Lipinski definition) is 0. The average molecular weight is 239 g/mol. The Morgan fingerprint density at radius 1 is 1.62 bits per heavy atom. The van der Waals surface area contributed by atoms with E-state index in [0.29, 0.717) is 15.8 Å². The van der Waals surface area contributed by atoms with Gasteiger partial charge in [-0.05, 0) is 24.1 Å². The molecule has 1 aromatic carbocycles. The van der Waals surface area contributed by atoms with Crippen molar-refractivity contribution in [1.82, 2.24) is 0 Å². The molecule has 1 aromatic rings. The highest BCUT2D eigenvalue weighted by atomic mass is 79.9. The molecule has 0 radical (unpaired) electrons. The van der Waals surface area contributed by atoms with Crippen LogP contribution in [0.1, 0.15) is 10.4 Å². The second-order valence-corrected chi connectivity index (χ2v) is 3.17. The Hall–Kier alpha value is -1.27. The molecule has 0 amide bonds. The molecule has 2 nitrogen and oxygen atoms in total. The third-order valence-corrected chi connectivity index (χ3v) is 2.24. The van der Waals surface area contributed by atoms with Crippen LogP contribution in [0, 0.1) is 12.3 Å². The van der Waals surface area contributed by atoms with E-state index in [1.807, 2.05) is 5.92 Å². The van der Waals surface area contributed by atoms with Crippen LogP contribution in [0.25, 0.3) is 0 Å². The van der Waals surface area contributed by atoms with Gasteiger partial charge in [0.2, 0.25) is 5.78 Å². The van der Waals surface area contributed by atoms with E-state index >= 15 is 0 Å². The van der Waals surface area contributed by atoms with E-state index in [0.717, 1.165) is 0 Å². The summed E-state index contributed by atoms with van der Waals surface area (Å²) in [6.45, 7) is 0. The van der Waals surface area contributed by atoms with Gasteiger partial charge in [-0.25, -0.2) is 0 Å². The highest BCUT2D eigenvalue weighted by molar-refractivity contribution is 9.10. The number of carbonyl (C=O) groups is 1. The van der Waals surface area contributed by atoms with Crippen molar-refractivity contribution in [3.05, 3.63) is 28.2 Å². The number of carbonyl (C=O) groups excluding carboxylic acids is 1. The molecule has 0 aliphatic carbocycles. The van der Waals surface area contributed by atoms with Gasteiger partial charge in [-0.15, -0.1) is 6.42 Å². The standard InChI is InChI=1S/C10H7BrO2/c1-3-10(12)8-6-7(13-2)4-5-9(8)11/h1,4-6H,2H3. The summed E-state index contributed by atoms with van der Waals surface area (Å²) in [5, 5.41) is 0. The maximum absolute atomic E-state index is 11.2. The lowest BCUT2D eigenvalue weighted by atomic mass is 10.1. The number of halogens is 1. The minimum absolute atomic E-state index is 0.356. The summed E-state index contributed by atoms with van der Waals surface area (Å²) >= 11 is 3.23. The lowest BCUT2D eigenvalue weighted by Gasteiger charge is -2.02. The highest BCUT2D eigenvalue weighted by Gasteiger charge is 2.08. The van der Waals surface area contributed by atoms with Crippen molar-refractivity contribution in [3.63, 3.8) is 0 Å². The second kappa shape index (κ2) is 4.11. The quantitative estimate of drug-likeness (QED) is 0.449. The Morgan fingerprint density at radius 2 is 2.31 bits per heavy atom. The summed E-state index contributed by atoms with van der Waals surface area (Å²) in [6, 6.07) is 5.08. The van der Waals surface area contributed by atoms with Crippen LogP contribution in [0.15, 0.2) is 22.7 Å². The molecule has 0 fully saturated rings. The summed E-state index contributed by atoms with van der Waals surface area (Å²) in [4.78, 5) is 11.2. The van der Waals surface area contributed by atoms with Crippen LogP contribution < -0.4 is 4.74 Å². The van der Waals surface area contributed by atoms with Crippen molar-refractivity contribution in [2.24, 2.45) is 0 Å². The van der Waals surface area contributed by atoms with Gasteiger partial charge in [0.1, 0.15) is 5.75 Å². The first-order valence-corrected chi connectivity index (χ1v) is 4.33. The van der Waals surface area contributed by atoms with Gasteiger partial charge in [0, 0.05) is 10.0 Å². The van der Waals surface area contributed by atoms with E-state index in [1.165, 1.54) is 7.11 Å². The fourth-order valence-corrected chi connectivity index (χ4v) is 1.31. The van der Waals surface area contributed by atoms with E-state index in [2.05, 4.69) is 15.9 Å². The largest absolute Gasteiger partial charge is 0.497 e. The minimum atomic E-state index is -0.356. The summed E-state index contributed by atoms with van der Waals surface area (Å²) < 4.78 is 5.64. The predicted molar refractivity (Wildman–Crippen MR) is 53.9 cm³/mol. The Labute approximate surface area is 85.0 Å². The molecule has 1 rings (SSSR count). The molecule has 0 aliphatic rings. The van der Waals surface area contributed by atoms with Crippen LogP contribution in [-0.4, -0.2) is 12.9 Å². The van der Waals surface area contributed by atoms with Gasteiger partial charge in [0.25, 0.3) is 0 Å². The topological polar surface area (TPSA) is 26.3 Å². The van der Waals surface area contributed by atoms with Gasteiger partial charge in [-0.2, -0.15) is 0 Å². The van der Waals surface area contributed by atoms with Crippen molar-refractivity contribution in [2.45, 2.75) is 0 Å². The van der Waals surface area contributed by atoms with Crippen LogP contribution >= 0.6 is 15.9 Å². The molecule has 13 heavy (non-hydrogen) atoms. The molecule has 0 saturated heterocycles. The molecule has 66 valence electrons. The number of ether oxygens (including phenoxy) is 1. The number of methoxy groups -OCH3 is 1. The zero-order chi connectivity index (χ0) is 9.84. The Balaban J connectivity index is 3.20. The number of ketones is 1. The smallest absolute Gasteiger partial charge is 0.236 e. The molecule has 0 aliphatic heterocycles. The van der Waals surface area contributed by atoms with Gasteiger partial charge in [0.05, 0.1) is 7.11 Å². The zero-order valence-electron chi connectivity index (χ0n) is 7.00.